The molecule has 0 unspecified atom stereocenters. The van der Waals surface area contributed by atoms with Gasteiger partial charge in [0.15, 0.2) is 0 Å². The van der Waals surface area contributed by atoms with E-state index in [1.54, 1.807) is 53.7 Å². The minimum absolute atomic E-state index is 0.0264. The smallest absolute Gasteiger partial charge is 0.326 e. The van der Waals surface area contributed by atoms with Crippen LogP contribution in [0.25, 0.3) is 0 Å². The summed E-state index contributed by atoms with van der Waals surface area (Å²) in [5, 5.41) is 35.1. The number of aromatic hydroxyl groups is 1. The zero-order valence-corrected chi connectivity index (χ0v) is 33.5. The van der Waals surface area contributed by atoms with Gasteiger partial charge in [0.2, 0.25) is 41.4 Å². The first-order valence-corrected chi connectivity index (χ1v) is 19.0. The number of phenolic OH excluding ortho intramolecular Hbond substituents is 1. The molecule has 314 valence electrons. The van der Waals surface area contributed by atoms with Crippen LogP contribution in [-0.2, 0) is 44.8 Å². The van der Waals surface area contributed by atoms with Crippen molar-refractivity contribution in [1.82, 2.24) is 31.9 Å². The number of benzene rings is 1. The van der Waals surface area contributed by atoms with Crippen molar-refractivity contribution >= 4 is 47.3 Å². The first kappa shape index (κ1) is 48.8. The molecule has 56 heavy (non-hydrogen) atoms. The summed E-state index contributed by atoms with van der Waals surface area (Å²) in [4.78, 5) is 104. The summed E-state index contributed by atoms with van der Waals surface area (Å²) >= 11 is 0. The third kappa shape index (κ3) is 17.0. The normalized spacial score (nSPS) is 14.9. The van der Waals surface area contributed by atoms with Crippen LogP contribution in [0, 0.1) is 17.8 Å². The first-order valence-electron chi connectivity index (χ1n) is 19.0. The molecule has 1 rings (SSSR count). The molecule has 7 amide bonds. The highest BCUT2D eigenvalue weighted by atomic mass is 16.4. The fourth-order valence-corrected chi connectivity index (χ4v) is 5.67. The van der Waals surface area contributed by atoms with Gasteiger partial charge < -0.3 is 53.6 Å². The van der Waals surface area contributed by atoms with Gasteiger partial charge in [-0.1, -0.05) is 60.1 Å². The average Bonchev–Trinajstić information content (AvgIpc) is 3.12. The van der Waals surface area contributed by atoms with Gasteiger partial charge in [-0.3, -0.25) is 33.6 Å². The van der Waals surface area contributed by atoms with Gasteiger partial charge in [0.25, 0.3) is 0 Å². The number of hydrogen-bond acceptors (Lipinski definition) is 10. The zero-order chi connectivity index (χ0) is 42.7. The van der Waals surface area contributed by atoms with Crippen molar-refractivity contribution in [3.63, 3.8) is 0 Å². The van der Waals surface area contributed by atoms with Crippen LogP contribution in [0.3, 0.4) is 0 Å². The Bertz CT molecular complexity index is 1500. The van der Waals surface area contributed by atoms with Gasteiger partial charge in [0.1, 0.15) is 42.0 Å². The molecule has 1 aromatic carbocycles. The van der Waals surface area contributed by atoms with E-state index in [9.17, 15) is 48.6 Å². The maximum Gasteiger partial charge on any atom is 0.326 e. The van der Waals surface area contributed by atoms with Crippen molar-refractivity contribution in [2.75, 3.05) is 6.54 Å². The molecular formula is C38H62N8O10. The number of nitrogens with two attached hydrogens (primary N) is 2. The Morgan fingerprint density at radius 2 is 1.12 bits per heavy atom. The second-order valence-electron chi connectivity index (χ2n) is 14.7. The van der Waals surface area contributed by atoms with E-state index in [0.29, 0.717) is 31.4 Å². The van der Waals surface area contributed by atoms with Gasteiger partial charge in [0.05, 0.1) is 0 Å². The standard InChI is InChI=1S/C38H62N8O10/c1-8-22(6)32(46-33(50)26(16-17-29(40)49)42-35(52)30(20(2)3)41-23(7)47)37(54)45-31(21(4)5)36(53)44-28(19-24-12-14-25(48)15-13-24)34(51)43-27(38(55)56)11-9-10-18-39/h12-15,20-22,26-28,30-32,48H,8-11,16-19,39H2,1-7H3,(H2,40,49)(H,41,47)(H,42,52)(H,43,51)(H,44,53)(H,45,54)(H,46,50)(H,55,56)/t22-,26-,27-,28-,30-,31-,32-/m0/s1. The van der Waals surface area contributed by atoms with E-state index in [1.807, 2.05) is 0 Å². The summed E-state index contributed by atoms with van der Waals surface area (Å²) in [6, 6.07) is -1.46. The number of phenols is 1. The van der Waals surface area contributed by atoms with Crippen LogP contribution in [0.4, 0.5) is 0 Å². The molecule has 18 nitrogen and oxygen atoms in total. The molecule has 0 heterocycles. The summed E-state index contributed by atoms with van der Waals surface area (Å²) in [6.45, 7) is 11.8. The van der Waals surface area contributed by atoms with Gasteiger partial charge in [0, 0.05) is 19.8 Å². The molecule has 0 aliphatic heterocycles. The van der Waals surface area contributed by atoms with Crippen molar-refractivity contribution in [1.29, 1.82) is 0 Å². The number of carboxylic acids is 1. The fraction of sp³-hybridized carbons (Fsp3) is 0.632. The third-order valence-corrected chi connectivity index (χ3v) is 9.23. The maximum atomic E-state index is 13.9. The quantitative estimate of drug-likeness (QED) is 0.0574. The number of carboxylic acid groups (broad SMARTS) is 1. The molecule has 18 heteroatoms. The fourth-order valence-electron chi connectivity index (χ4n) is 5.67. The molecule has 0 aromatic heterocycles. The lowest BCUT2D eigenvalue weighted by atomic mass is 9.95. The van der Waals surface area contributed by atoms with Crippen LogP contribution >= 0.6 is 0 Å². The van der Waals surface area contributed by atoms with Crippen molar-refractivity contribution in [2.45, 2.75) is 130 Å². The lowest BCUT2D eigenvalue weighted by molar-refractivity contribution is -0.142. The van der Waals surface area contributed by atoms with Crippen molar-refractivity contribution < 1.29 is 48.6 Å². The van der Waals surface area contributed by atoms with Crippen molar-refractivity contribution in [2.24, 2.45) is 29.2 Å². The van der Waals surface area contributed by atoms with Crippen LogP contribution in [0.5, 0.6) is 5.75 Å². The SMILES string of the molecule is CC[C@H](C)[C@H](NC(=O)[C@H](CCC(N)=O)NC(=O)[C@@H](NC(C)=O)C(C)C)C(=O)N[C@H](C(=O)N[C@@H](Cc1ccc(O)cc1)C(=O)N[C@@H](CCCCN)C(=O)O)C(C)C. The molecule has 7 atom stereocenters. The molecule has 0 fully saturated rings. The molecule has 0 saturated heterocycles. The number of hydrogen-bond donors (Lipinski definition) is 10. The van der Waals surface area contributed by atoms with Gasteiger partial charge in [-0.15, -0.1) is 0 Å². The predicted octanol–water partition coefficient (Wildman–Crippen LogP) is -0.299. The van der Waals surface area contributed by atoms with Crippen LogP contribution in [0.1, 0.15) is 92.6 Å². The van der Waals surface area contributed by atoms with Gasteiger partial charge in [-0.2, -0.15) is 0 Å². The number of aliphatic carboxylic acids is 1. The summed E-state index contributed by atoms with van der Waals surface area (Å²) in [5.74, 6) is -7.67. The number of primary amides is 1. The van der Waals surface area contributed by atoms with E-state index in [4.69, 9.17) is 11.5 Å². The summed E-state index contributed by atoms with van der Waals surface area (Å²) < 4.78 is 0. The zero-order valence-electron chi connectivity index (χ0n) is 33.5. The van der Waals surface area contributed by atoms with Gasteiger partial charge >= 0.3 is 5.97 Å². The van der Waals surface area contributed by atoms with E-state index in [-0.39, 0.29) is 37.4 Å². The maximum absolute atomic E-state index is 13.9. The number of unbranched alkanes of at least 4 members (excludes halogenated alkanes) is 1. The minimum Gasteiger partial charge on any atom is -0.508 e. The molecule has 0 saturated carbocycles. The van der Waals surface area contributed by atoms with E-state index < -0.39 is 95.4 Å². The number of carbonyl (C=O) groups is 8. The Kier molecular flexibility index (Phi) is 21.2. The summed E-state index contributed by atoms with van der Waals surface area (Å²) in [7, 11) is 0. The summed E-state index contributed by atoms with van der Waals surface area (Å²) in [6.07, 6.45) is 0.914. The Hall–Kier alpha value is -5.26. The van der Waals surface area contributed by atoms with E-state index in [2.05, 4.69) is 31.9 Å². The lowest BCUT2D eigenvalue weighted by Crippen LogP contribution is -2.61. The van der Waals surface area contributed by atoms with Crippen LogP contribution < -0.4 is 43.4 Å². The highest BCUT2D eigenvalue weighted by molar-refractivity contribution is 5.97. The second-order valence-corrected chi connectivity index (χ2v) is 14.7. The largest absolute Gasteiger partial charge is 0.508 e. The van der Waals surface area contributed by atoms with Crippen LogP contribution in [-0.4, -0.2) is 100 Å². The van der Waals surface area contributed by atoms with Crippen LogP contribution in [0.15, 0.2) is 24.3 Å². The second kappa shape index (κ2) is 24.3. The Balaban J connectivity index is 3.38. The van der Waals surface area contributed by atoms with E-state index in [1.165, 1.54) is 19.1 Å². The molecule has 1 aromatic rings. The molecule has 0 aliphatic carbocycles. The molecule has 0 bridgehead atoms. The van der Waals surface area contributed by atoms with Crippen molar-refractivity contribution in [3.05, 3.63) is 29.8 Å². The Morgan fingerprint density at radius 1 is 0.643 bits per heavy atom. The number of rotatable bonds is 25. The number of nitrogens with one attached hydrogen (secondary N) is 6. The van der Waals surface area contributed by atoms with Crippen molar-refractivity contribution in [3.8, 4) is 5.75 Å². The monoisotopic (exact) mass is 790 g/mol. The minimum atomic E-state index is -1.32. The van der Waals surface area contributed by atoms with Gasteiger partial charge in [-0.05, 0) is 67.7 Å². The molecular weight excluding hydrogens is 728 g/mol. The first-order chi connectivity index (χ1) is 26.2. The van der Waals surface area contributed by atoms with Crippen LogP contribution in [0.2, 0.25) is 0 Å². The van der Waals surface area contributed by atoms with E-state index >= 15 is 0 Å². The number of amides is 7. The third-order valence-electron chi connectivity index (χ3n) is 9.23. The highest BCUT2D eigenvalue weighted by Crippen LogP contribution is 2.15. The molecule has 12 N–H and O–H groups in total. The molecule has 0 radical (unpaired) electrons. The average molecular weight is 791 g/mol. The van der Waals surface area contributed by atoms with Gasteiger partial charge in [-0.25, -0.2) is 4.79 Å². The molecule has 0 aliphatic rings. The number of carbonyl (C=O) groups excluding carboxylic acids is 7. The topological polar surface area (TPSA) is 301 Å². The predicted molar refractivity (Wildman–Crippen MR) is 207 cm³/mol. The highest BCUT2D eigenvalue weighted by Gasteiger charge is 2.36. The van der Waals surface area contributed by atoms with E-state index in [0.717, 1.165) is 0 Å². The lowest BCUT2D eigenvalue weighted by Gasteiger charge is -2.31. The summed E-state index contributed by atoms with van der Waals surface area (Å²) in [5.41, 5.74) is 11.4. The molecule has 0 spiro atoms. The Morgan fingerprint density at radius 3 is 1.61 bits per heavy atom. The Labute approximate surface area is 328 Å².